The van der Waals surface area contributed by atoms with E-state index in [9.17, 15) is 18.7 Å². The van der Waals surface area contributed by atoms with Crippen LogP contribution in [-0.2, 0) is 0 Å². The Balaban J connectivity index is 1.36. The monoisotopic (exact) mass is 440 g/mol. The van der Waals surface area contributed by atoms with Crippen LogP contribution in [0.1, 0.15) is 25.7 Å². The van der Waals surface area contributed by atoms with Crippen molar-refractivity contribution in [3.05, 3.63) is 58.8 Å². The number of phenols is 1. The average Bonchev–Trinajstić information content (AvgIpc) is 2.79. The SMILES string of the molecule is O=c1cc(-c2cc(O)c(-c3ccc(O[C@@H]4C[C@H]5CCC[C@H](N5)[C@@H]4F)nn3)cc2F)cc[nH]1. The molecular formula is C23H22F2N4O3. The molecule has 9 heteroatoms. The Morgan fingerprint density at radius 3 is 2.75 bits per heavy atom. The molecule has 0 spiro atoms. The van der Waals surface area contributed by atoms with Gasteiger partial charge in [0, 0.05) is 48.0 Å². The van der Waals surface area contributed by atoms with Crippen LogP contribution in [0.2, 0.25) is 0 Å². The summed E-state index contributed by atoms with van der Waals surface area (Å²) in [6.45, 7) is 0. The summed E-state index contributed by atoms with van der Waals surface area (Å²) < 4.78 is 35.2. The van der Waals surface area contributed by atoms with Gasteiger partial charge in [0.15, 0.2) is 6.17 Å². The number of H-pyrrole nitrogens is 1. The number of hydrogen-bond acceptors (Lipinski definition) is 6. The van der Waals surface area contributed by atoms with Crippen LogP contribution in [0.25, 0.3) is 22.4 Å². The Bertz CT molecular complexity index is 1180. The summed E-state index contributed by atoms with van der Waals surface area (Å²) in [6, 6.07) is 8.30. The number of nitrogens with one attached hydrogen (secondary N) is 2. The molecule has 4 heterocycles. The van der Waals surface area contributed by atoms with Crippen molar-refractivity contribution in [1.82, 2.24) is 20.5 Å². The molecule has 3 N–H and O–H groups in total. The zero-order valence-electron chi connectivity index (χ0n) is 17.1. The first-order valence-electron chi connectivity index (χ1n) is 10.6. The van der Waals surface area contributed by atoms with Gasteiger partial charge in [-0.1, -0.05) is 6.42 Å². The molecular weight excluding hydrogens is 418 g/mol. The van der Waals surface area contributed by atoms with Crippen LogP contribution >= 0.6 is 0 Å². The van der Waals surface area contributed by atoms with E-state index in [0.717, 1.165) is 25.3 Å². The fraction of sp³-hybridized carbons (Fsp3) is 0.348. The third-order valence-corrected chi connectivity index (χ3v) is 6.13. The van der Waals surface area contributed by atoms with Gasteiger partial charge in [-0.3, -0.25) is 4.79 Å². The number of aromatic hydroxyl groups is 1. The number of benzene rings is 1. The molecule has 0 unspecified atom stereocenters. The minimum atomic E-state index is -1.12. The topological polar surface area (TPSA) is 100 Å². The minimum Gasteiger partial charge on any atom is -0.507 e. The van der Waals surface area contributed by atoms with Crippen LogP contribution in [0, 0.1) is 5.82 Å². The predicted molar refractivity (Wildman–Crippen MR) is 114 cm³/mol. The molecule has 7 nitrogen and oxygen atoms in total. The van der Waals surface area contributed by atoms with Gasteiger partial charge >= 0.3 is 0 Å². The summed E-state index contributed by atoms with van der Waals surface area (Å²) >= 11 is 0. The van der Waals surface area contributed by atoms with Crippen LogP contribution in [-0.4, -0.2) is 44.6 Å². The van der Waals surface area contributed by atoms with E-state index in [-0.39, 0.29) is 46.1 Å². The Hall–Kier alpha value is -3.33. The molecule has 166 valence electrons. The summed E-state index contributed by atoms with van der Waals surface area (Å²) in [7, 11) is 0. The number of aromatic amines is 1. The molecule has 2 aliphatic heterocycles. The number of nitrogens with zero attached hydrogens (tertiary/aromatic N) is 2. The molecule has 32 heavy (non-hydrogen) atoms. The first kappa shape index (κ1) is 20.6. The minimum absolute atomic E-state index is 0.0932. The summed E-state index contributed by atoms with van der Waals surface area (Å²) in [4.78, 5) is 14.0. The Kier molecular flexibility index (Phi) is 5.34. The highest BCUT2D eigenvalue weighted by Crippen LogP contribution is 2.35. The van der Waals surface area contributed by atoms with E-state index >= 15 is 0 Å². The summed E-state index contributed by atoms with van der Waals surface area (Å²) in [5.41, 5.74) is 0.450. The molecule has 2 aliphatic rings. The fourth-order valence-corrected chi connectivity index (χ4v) is 4.56. The van der Waals surface area contributed by atoms with Crippen molar-refractivity contribution in [3.63, 3.8) is 0 Å². The van der Waals surface area contributed by atoms with Gasteiger partial charge in [-0.25, -0.2) is 8.78 Å². The van der Waals surface area contributed by atoms with Crippen molar-refractivity contribution in [2.45, 2.75) is 50.0 Å². The highest BCUT2D eigenvalue weighted by Gasteiger charge is 2.41. The van der Waals surface area contributed by atoms with E-state index in [0.29, 0.717) is 12.0 Å². The standard InChI is InChI=1S/C23H22F2N4O3/c24-16-10-15(19(30)11-14(16)12-6-7-26-21(31)8-12)17-4-5-22(29-28-17)32-20-9-13-2-1-3-18(27-13)23(20)25/h4-8,10-11,13,18,20,23,27,30H,1-3,9H2,(H,26,31)/t13-,18+,20-,23+/m1/s1. The van der Waals surface area contributed by atoms with E-state index < -0.39 is 18.1 Å². The van der Waals surface area contributed by atoms with Crippen molar-refractivity contribution in [2.24, 2.45) is 0 Å². The normalized spacial score (nSPS) is 24.8. The number of pyridine rings is 1. The molecule has 0 saturated carbocycles. The number of alkyl halides is 1. The van der Waals surface area contributed by atoms with E-state index in [1.54, 1.807) is 6.07 Å². The highest BCUT2D eigenvalue weighted by atomic mass is 19.1. The van der Waals surface area contributed by atoms with E-state index in [1.807, 2.05) is 0 Å². The van der Waals surface area contributed by atoms with Gasteiger partial charge in [-0.15, -0.1) is 10.2 Å². The van der Waals surface area contributed by atoms with Gasteiger partial charge in [-0.2, -0.15) is 0 Å². The molecule has 4 atom stereocenters. The first-order chi connectivity index (χ1) is 15.5. The number of halogens is 2. The third kappa shape index (κ3) is 3.95. The van der Waals surface area contributed by atoms with Crippen molar-refractivity contribution in [3.8, 4) is 34.0 Å². The third-order valence-electron chi connectivity index (χ3n) is 6.13. The van der Waals surface area contributed by atoms with Crippen molar-refractivity contribution in [1.29, 1.82) is 0 Å². The first-order valence-corrected chi connectivity index (χ1v) is 10.6. The largest absolute Gasteiger partial charge is 0.507 e. The molecule has 3 aromatic rings. The lowest BCUT2D eigenvalue weighted by molar-refractivity contribution is 0.00652. The highest BCUT2D eigenvalue weighted by molar-refractivity contribution is 5.74. The Morgan fingerprint density at radius 1 is 1.09 bits per heavy atom. The van der Waals surface area contributed by atoms with Crippen molar-refractivity contribution in [2.75, 3.05) is 0 Å². The smallest absolute Gasteiger partial charge is 0.248 e. The predicted octanol–water partition coefficient (Wildman–Crippen LogP) is 3.34. The summed E-state index contributed by atoms with van der Waals surface area (Å²) in [5.74, 6) is -0.645. The molecule has 1 aromatic carbocycles. The Morgan fingerprint density at radius 2 is 1.97 bits per heavy atom. The quantitative estimate of drug-likeness (QED) is 0.576. The van der Waals surface area contributed by atoms with Gasteiger partial charge in [0.2, 0.25) is 11.4 Å². The number of hydrogen-bond donors (Lipinski definition) is 3. The van der Waals surface area contributed by atoms with Gasteiger partial charge in [0.25, 0.3) is 0 Å². The number of phenolic OH excluding ortho intramolecular Hbond substituents is 1. The van der Waals surface area contributed by atoms with E-state index in [4.69, 9.17) is 4.74 Å². The van der Waals surface area contributed by atoms with Gasteiger partial charge in [-0.05, 0) is 42.7 Å². The number of ether oxygens (including phenoxy) is 1. The lowest BCUT2D eigenvalue weighted by Crippen LogP contribution is -2.59. The van der Waals surface area contributed by atoms with Crippen LogP contribution < -0.4 is 15.6 Å². The molecule has 2 bridgehead atoms. The number of aromatic nitrogens is 3. The average molecular weight is 440 g/mol. The second-order valence-electron chi connectivity index (χ2n) is 8.29. The van der Waals surface area contributed by atoms with E-state index in [2.05, 4.69) is 20.5 Å². The number of fused-ring (bicyclic) bond motifs is 2. The molecule has 2 aromatic heterocycles. The van der Waals surface area contributed by atoms with E-state index in [1.165, 1.54) is 30.5 Å². The van der Waals surface area contributed by atoms with Crippen LogP contribution in [0.4, 0.5) is 8.78 Å². The van der Waals surface area contributed by atoms with Crippen LogP contribution in [0.5, 0.6) is 11.6 Å². The van der Waals surface area contributed by atoms with Crippen molar-refractivity contribution >= 4 is 0 Å². The second-order valence-corrected chi connectivity index (χ2v) is 8.29. The van der Waals surface area contributed by atoms with Gasteiger partial charge in [0.05, 0.1) is 5.69 Å². The number of rotatable bonds is 4. The summed E-state index contributed by atoms with van der Waals surface area (Å²) in [6.07, 6.45) is 3.08. The molecule has 0 amide bonds. The molecule has 5 rings (SSSR count). The molecule has 0 radical (unpaired) electrons. The maximum absolute atomic E-state index is 14.7. The zero-order valence-corrected chi connectivity index (χ0v) is 17.1. The molecule has 2 fully saturated rings. The maximum Gasteiger partial charge on any atom is 0.248 e. The number of piperidine rings is 2. The zero-order chi connectivity index (χ0) is 22.2. The second kappa shape index (κ2) is 8.31. The maximum atomic E-state index is 14.7. The van der Waals surface area contributed by atoms with Crippen LogP contribution in [0.15, 0.2) is 47.4 Å². The van der Waals surface area contributed by atoms with Gasteiger partial charge < -0.3 is 20.1 Å². The Labute approximate surface area is 182 Å². The van der Waals surface area contributed by atoms with Gasteiger partial charge in [0.1, 0.15) is 17.7 Å². The lowest BCUT2D eigenvalue weighted by atomic mass is 9.84. The molecule has 0 aliphatic carbocycles. The lowest BCUT2D eigenvalue weighted by Gasteiger charge is -2.42. The van der Waals surface area contributed by atoms with Crippen LogP contribution in [0.3, 0.4) is 0 Å². The van der Waals surface area contributed by atoms with Crippen molar-refractivity contribution < 1.29 is 18.6 Å². The fourth-order valence-electron chi connectivity index (χ4n) is 4.56. The molecule has 2 saturated heterocycles. The summed E-state index contributed by atoms with van der Waals surface area (Å²) in [5, 5.41) is 21.8.